The molecular formula is C11H12BrN3O2. The fourth-order valence-corrected chi connectivity index (χ4v) is 2.01. The Bertz CT molecular complexity index is 589. The number of benzene rings is 1. The van der Waals surface area contributed by atoms with E-state index in [0.717, 1.165) is 4.47 Å². The van der Waals surface area contributed by atoms with Crippen LogP contribution < -0.4 is 11.3 Å². The number of halogens is 1. The normalized spacial score (nSPS) is 10.7. The van der Waals surface area contributed by atoms with Crippen LogP contribution in [-0.4, -0.2) is 16.9 Å². The number of ether oxygens (including phenoxy) is 1. The van der Waals surface area contributed by atoms with Crippen molar-refractivity contribution in [1.82, 2.24) is 9.78 Å². The first-order valence-corrected chi connectivity index (χ1v) is 5.77. The molecule has 0 saturated heterocycles. The predicted octanol–water partition coefficient (Wildman–Crippen LogP) is 1.66. The number of hydrogen-bond donors (Lipinski definition) is 2. The topological polar surface area (TPSA) is 73.0 Å². The van der Waals surface area contributed by atoms with Gasteiger partial charge in [0.1, 0.15) is 5.69 Å². The minimum Gasteiger partial charge on any atom is -0.393 e. The second-order valence-electron chi connectivity index (χ2n) is 3.53. The number of nitrogen functional groups attached to an aromatic ring is 1. The average Bonchev–Trinajstić information content (AvgIpc) is 2.59. The minimum absolute atomic E-state index is 0.183. The second-order valence-corrected chi connectivity index (χ2v) is 4.38. The van der Waals surface area contributed by atoms with E-state index < -0.39 is 0 Å². The lowest BCUT2D eigenvalue weighted by atomic mass is 10.3. The number of H-pyrrole nitrogens is 1. The highest BCUT2D eigenvalue weighted by Gasteiger charge is 2.13. The monoisotopic (exact) mass is 297 g/mol. The van der Waals surface area contributed by atoms with E-state index in [0.29, 0.717) is 11.4 Å². The van der Waals surface area contributed by atoms with E-state index in [-0.39, 0.29) is 17.9 Å². The van der Waals surface area contributed by atoms with Gasteiger partial charge in [0.15, 0.2) is 0 Å². The Balaban J connectivity index is 2.58. The van der Waals surface area contributed by atoms with Crippen molar-refractivity contribution in [3.63, 3.8) is 0 Å². The third kappa shape index (κ3) is 2.13. The molecule has 0 aliphatic carbocycles. The van der Waals surface area contributed by atoms with Crippen LogP contribution in [0.2, 0.25) is 0 Å². The van der Waals surface area contributed by atoms with Gasteiger partial charge in [0.25, 0.3) is 5.56 Å². The van der Waals surface area contributed by atoms with Gasteiger partial charge in [0.2, 0.25) is 0 Å². The maximum absolute atomic E-state index is 11.9. The standard InChI is InChI=1S/C11H12BrN3O2/c1-17-6-8-10(13)11(16)15(14-8)9-5-3-2-4-7(9)12/h2-5,14H,6,13H2,1H3. The van der Waals surface area contributed by atoms with Gasteiger partial charge < -0.3 is 10.5 Å². The molecule has 0 amide bonds. The SMILES string of the molecule is COCc1[nH]n(-c2ccccc2Br)c(=O)c1N. The van der Waals surface area contributed by atoms with Crippen LogP contribution in [0.5, 0.6) is 0 Å². The van der Waals surface area contributed by atoms with Gasteiger partial charge >= 0.3 is 0 Å². The molecule has 0 radical (unpaired) electrons. The molecule has 0 unspecified atom stereocenters. The molecule has 0 saturated carbocycles. The first-order chi connectivity index (χ1) is 8.15. The summed E-state index contributed by atoms with van der Waals surface area (Å²) in [5.41, 5.74) is 6.92. The summed E-state index contributed by atoms with van der Waals surface area (Å²) in [4.78, 5) is 11.9. The zero-order valence-electron chi connectivity index (χ0n) is 9.24. The molecule has 3 N–H and O–H groups in total. The van der Waals surface area contributed by atoms with Gasteiger partial charge in [-0.1, -0.05) is 12.1 Å². The number of methoxy groups -OCH3 is 1. The molecule has 0 atom stereocenters. The summed E-state index contributed by atoms with van der Waals surface area (Å²) in [6.07, 6.45) is 0. The van der Waals surface area contributed by atoms with Gasteiger partial charge in [0.05, 0.1) is 18.0 Å². The minimum atomic E-state index is -0.274. The van der Waals surface area contributed by atoms with E-state index in [2.05, 4.69) is 21.0 Å². The number of aromatic nitrogens is 2. The molecule has 6 heteroatoms. The number of nitrogens with zero attached hydrogens (tertiary/aromatic N) is 1. The van der Waals surface area contributed by atoms with Crippen LogP contribution >= 0.6 is 15.9 Å². The van der Waals surface area contributed by atoms with Crippen LogP contribution in [-0.2, 0) is 11.3 Å². The number of hydrogen-bond acceptors (Lipinski definition) is 3. The number of rotatable bonds is 3. The lowest BCUT2D eigenvalue weighted by molar-refractivity contribution is 0.181. The number of anilines is 1. The molecule has 0 fully saturated rings. The second kappa shape index (κ2) is 4.77. The fourth-order valence-electron chi connectivity index (χ4n) is 1.55. The van der Waals surface area contributed by atoms with Gasteiger partial charge in [-0.2, -0.15) is 0 Å². The fraction of sp³-hybridized carbons (Fsp3) is 0.182. The van der Waals surface area contributed by atoms with E-state index in [9.17, 15) is 4.79 Å². The average molecular weight is 298 g/mol. The number of nitrogens with two attached hydrogens (primary N) is 1. The van der Waals surface area contributed by atoms with Gasteiger partial charge in [-0.05, 0) is 28.1 Å². The van der Waals surface area contributed by atoms with Crippen molar-refractivity contribution in [2.75, 3.05) is 12.8 Å². The zero-order chi connectivity index (χ0) is 12.4. The molecule has 17 heavy (non-hydrogen) atoms. The van der Waals surface area contributed by atoms with Crippen molar-refractivity contribution in [2.45, 2.75) is 6.61 Å². The lowest BCUT2D eigenvalue weighted by Crippen LogP contribution is -2.16. The van der Waals surface area contributed by atoms with Crippen molar-refractivity contribution in [1.29, 1.82) is 0 Å². The molecule has 2 rings (SSSR count). The van der Waals surface area contributed by atoms with E-state index in [1.54, 1.807) is 7.11 Å². The van der Waals surface area contributed by atoms with E-state index >= 15 is 0 Å². The van der Waals surface area contributed by atoms with Gasteiger partial charge in [0, 0.05) is 11.6 Å². The quantitative estimate of drug-likeness (QED) is 0.905. The number of aromatic amines is 1. The van der Waals surface area contributed by atoms with Crippen LogP contribution in [0.15, 0.2) is 33.5 Å². The number of nitrogens with one attached hydrogen (secondary N) is 1. The van der Waals surface area contributed by atoms with E-state index in [1.807, 2.05) is 24.3 Å². The van der Waals surface area contributed by atoms with Crippen molar-refractivity contribution in [3.05, 3.63) is 44.8 Å². The highest BCUT2D eigenvalue weighted by atomic mass is 79.9. The van der Waals surface area contributed by atoms with Crippen LogP contribution in [0, 0.1) is 0 Å². The first kappa shape index (κ1) is 11.9. The molecule has 5 nitrogen and oxygen atoms in total. The summed E-state index contributed by atoms with van der Waals surface area (Å²) in [7, 11) is 1.55. The van der Waals surface area contributed by atoms with Crippen LogP contribution in [0.1, 0.15) is 5.69 Å². The third-order valence-corrected chi connectivity index (χ3v) is 3.06. The molecule has 0 bridgehead atoms. The number of para-hydroxylation sites is 1. The summed E-state index contributed by atoms with van der Waals surface area (Å²) in [6.45, 7) is 0.276. The Kier molecular flexibility index (Phi) is 3.35. The summed E-state index contributed by atoms with van der Waals surface area (Å²) in [5.74, 6) is 0. The molecular weight excluding hydrogens is 286 g/mol. The maximum Gasteiger partial charge on any atom is 0.294 e. The van der Waals surface area contributed by atoms with Crippen molar-refractivity contribution in [3.8, 4) is 5.69 Å². The summed E-state index contributed by atoms with van der Waals surface area (Å²) in [6, 6.07) is 7.40. The Morgan fingerprint density at radius 2 is 2.18 bits per heavy atom. The first-order valence-electron chi connectivity index (χ1n) is 4.98. The molecule has 1 aromatic heterocycles. The van der Waals surface area contributed by atoms with E-state index in [4.69, 9.17) is 10.5 Å². The predicted molar refractivity (Wildman–Crippen MR) is 69.2 cm³/mol. The van der Waals surface area contributed by atoms with Crippen molar-refractivity contribution < 1.29 is 4.74 Å². The third-order valence-electron chi connectivity index (χ3n) is 2.39. The Labute approximate surface area is 106 Å². The summed E-state index contributed by atoms with van der Waals surface area (Å²) < 4.78 is 7.18. The van der Waals surface area contributed by atoms with E-state index in [1.165, 1.54) is 4.68 Å². The smallest absolute Gasteiger partial charge is 0.294 e. The van der Waals surface area contributed by atoms with Crippen LogP contribution in [0.3, 0.4) is 0 Å². The Morgan fingerprint density at radius 1 is 1.47 bits per heavy atom. The van der Waals surface area contributed by atoms with Crippen LogP contribution in [0.25, 0.3) is 5.69 Å². The van der Waals surface area contributed by atoms with Crippen molar-refractivity contribution >= 4 is 21.6 Å². The van der Waals surface area contributed by atoms with Crippen molar-refractivity contribution in [2.24, 2.45) is 0 Å². The van der Waals surface area contributed by atoms with Crippen LogP contribution in [0.4, 0.5) is 5.69 Å². The Morgan fingerprint density at radius 3 is 2.82 bits per heavy atom. The highest BCUT2D eigenvalue weighted by molar-refractivity contribution is 9.10. The van der Waals surface area contributed by atoms with Gasteiger partial charge in [-0.3, -0.25) is 9.89 Å². The van der Waals surface area contributed by atoms with Gasteiger partial charge in [-0.25, -0.2) is 4.68 Å². The largest absolute Gasteiger partial charge is 0.393 e. The summed E-state index contributed by atoms with van der Waals surface area (Å²) in [5, 5.41) is 2.93. The molecule has 0 aliphatic heterocycles. The molecule has 0 aliphatic rings. The molecule has 2 aromatic rings. The Hall–Kier alpha value is -1.53. The summed E-state index contributed by atoms with van der Waals surface area (Å²) >= 11 is 3.39. The molecule has 90 valence electrons. The molecule has 0 spiro atoms. The zero-order valence-corrected chi connectivity index (χ0v) is 10.8. The van der Waals surface area contributed by atoms with Gasteiger partial charge in [-0.15, -0.1) is 0 Å². The highest BCUT2D eigenvalue weighted by Crippen LogP contribution is 2.19. The lowest BCUT2D eigenvalue weighted by Gasteiger charge is -2.03. The molecule has 1 heterocycles. The molecule has 1 aromatic carbocycles. The maximum atomic E-state index is 11.9.